The van der Waals surface area contributed by atoms with Gasteiger partial charge in [0.05, 0.1) is 11.0 Å². The fourth-order valence-corrected chi connectivity index (χ4v) is 7.62. The number of benzene rings is 8. The van der Waals surface area contributed by atoms with Crippen molar-refractivity contribution in [1.82, 2.24) is 4.57 Å². The summed E-state index contributed by atoms with van der Waals surface area (Å²) in [6.45, 7) is 0. The molecule has 3 heteroatoms. The van der Waals surface area contributed by atoms with E-state index in [1.807, 2.05) is 12.1 Å². The molecule has 0 spiro atoms. The first-order valence-electron chi connectivity index (χ1n) is 16.7. The minimum absolute atomic E-state index is 0.888. The Labute approximate surface area is 283 Å². The van der Waals surface area contributed by atoms with E-state index < -0.39 is 0 Å². The summed E-state index contributed by atoms with van der Waals surface area (Å²) in [4.78, 5) is 2.35. The molecular formula is C46H30N2O. The summed E-state index contributed by atoms with van der Waals surface area (Å²) in [5.41, 5.74) is 11.0. The third kappa shape index (κ3) is 4.37. The fourth-order valence-electron chi connectivity index (χ4n) is 7.62. The lowest BCUT2D eigenvalue weighted by atomic mass is 9.94. The van der Waals surface area contributed by atoms with E-state index >= 15 is 0 Å². The molecule has 10 rings (SSSR count). The van der Waals surface area contributed by atoms with Crippen molar-refractivity contribution in [2.45, 2.75) is 0 Å². The van der Waals surface area contributed by atoms with Gasteiger partial charge in [0.15, 0.2) is 0 Å². The summed E-state index contributed by atoms with van der Waals surface area (Å²) >= 11 is 0. The largest absolute Gasteiger partial charge is 0.456 e. The van der Waals surface area contributed by atoms with Crippen LogP contribution in [0.4, 0.5) is 17.1 Å². The predicted octanol–water partition coefficient (Wildman–Crippen LogP) is 13.0. The molecule has 0 aliphatic carbocycles. The van der Waals surface area contributed by atoms with Gasteiger partial charge >= 0.3 is 0 Å². The van der Waals surface area contributed by atoms with Crippen LogP contribution in [-0.2, 0) is 0 Å². The third-order valence-corrected chi connectivity index (χ3v) is 9.76. The maximum atomic E-state index is 6.21. The van der Waals surface area contributed by atoms with E-state index in [1.165, 1.54) is 43.7 Å². The summed E-state index contributed by atoms with van der Waals surface area (Å²) in [5.74, 6) is 0. The van der Waals surface area contributed by atoms with E-state index in [-0.39, 0.29) is 0 Å². The quantitative estimate of drug-likeness (QED) is 0.190. The third-order valence-electron chi connectivity index (χ3n) is 9.76. The standard InChI is InChI=1S/C46H30N2O/c1-3-15-32(16-4-1)47(35-26-28-45-40(29-35)38-20-9-10-24-44(38)49-45)34-25-27-42-41(30-34)46-39(37-21-11-14-31-13-7-8-19-36(31)37)22-12-23-43(46)48(42)33-17-5-2-6-18-33/h1-30H. The van der Waals surface area contributed by atoms with E-state index in [9.17, 15) is 0 Å². The predicted molar refractivity (Wildman–Crippen MR) is 206 cm³/mol. The van der Waals surface area contributed by atoms with Gasteiger partial charge in [0, 0.05) is 44.3 Å². The van der Waals surface area contributed by atoms with E-state index in [0.29, 0.717) is 0 Å². The van der Waals surface area contributed by atoms with Crippen LogP contribution in [-0.4, -0.2) is 4.57 Å². The highest BCUT2D eigenvalue weighted by Crippen LogP contribution is 2.44. The summed E-state index contributed by atoms with van der Waals surface area (Å²) in [6, 6.07) is 65.0. The lowest BCUT2D eigenvalue weighted by Crippen LogP contribution is -2.09. The highest BCUT2D eigenvalue weighted by molar-refractivity contribution is 6.19. The van der Waals surface area contributed by atoms with Gasteiger partial charge in [-0.15, -0.1) is 0 Å². The van der Waals surface area contributed by atoms with E-state index in [0.717, 1.165) is 44.7 Å². The maximum absolute atomic E-state index is 6.21. The van der Waals surface area contributed by atoms with Crippen molar-refractivity contribution in [1.29, 1.82) is 0 Å². The van der Waals surface area contributed by atoms with E-state index in [4.69, 9.17) is 4.42 Å². The molecule has 0 fully saturated rings. The van der Waals surface area contributed by atoms with Gasteiger partial charge in [-0.2, -0.15) is 0 Å². The molecule has 0 unspecified atom stereocenters. The van der Waals surface area contributed by atoms with Gasteiger partial charge in [0.25, 0.3) is 0 Å². The zero-order valence-corrected chi connectivity index (χ0v) is 26.6. The molecule has 3 nitrogen and oxygen atoms in total. The molecule has 0 aliphatic rings. The van der Waals surface area contributed by atoms with Crippen LogP contribution >= 0.6 is 0 Å². The van der Waals surface area contributed by atoms with Crippen LogP contribution in [0.3, 0.4) is 0 Å². The number of anilines is 3. The number of fused-ring (bicyclic) bond motifs is 7. The average molecular weight is 627 g/mol. The van der Waals surface area contributed by atoms with Crippen LogP contribution in [0.15, 0.2) is 186 Å². The topological polar surface area (TPSA) is 21.3 Å². The second-order valence-electron chi connectivity index (χ2n) is 12.5. The average Bonchev–Trinajstić information content (AvgIpc) is 3.71. The number of aromatic nitrogens is 1. The second kappa shape index (κ2) is 11.0. The Hall–Kier alpha value is -6.58. The molecule has 0 N–H and O–H groups in total. The monoisotopic (exact) mass is 626 g/mol. The molecule has 2 heterocycles. The van der Waals surface area contributed by atoms with Gasteiger partial charge in [-0.25, -0.2) is 0 Å². The van der Waals surface area contributed by atoms with Crippen molar-refractivity contribution in [2.75, 3.05) is 4.90 Å². The molecular weight excluding hydrogens is 597 g/mol. The Morgan fingerprint density at radius 3 is 1.88 bits per heavy atom. The number of para-hydroxylation sites is 3. The van der Waals surface area contributed by atoms with Crippen LogP contribution in [0, 0.1) is 0 Å². The molecule has 0 saturated heterocycles. The van der Waals surface area contributed by atoms with Crippen molar-refractivity contribution >= 4 is 71.6 Å². The van der Waals surface area contributed by atoms with Gasteiger partial charge < -0.3 is 13.9 Å². The molecule has 10 aromatic rings. The smallest absolute Gasteiger partial charge is 0.135 e. The summed E-state index contributed by atoms with van der Waals surface area (Å²) in [5, 5.41) is 7.16. The molecule has 0 saturated carbocycles. The van der Waals surface area contributed by atoms with Crippen LogP contribution in [0.1, 0.15) is 0 Å². The highest BCUT2D eigenvalue weighted by Gasteiger charge is 2.21. The second-order valence-corrected chi connectivity index (χ2v) is 12.5. The molecule has 8 aromatic carbocycles. The Morgan fingerprint density at radius 2 is 1.02 bits per heavy atom. The summed E-state index contributed by atoms with van der Waals surface area (Å²) in [7, 11) is 0. The normalized spacial score (nSPS) is 11.7. The van der Waals surface area contributed by atoms with E-state index in [1.54, 1.807) is 0 Å². The van der Waals surface area contributed by atoms with Crippen LogP contribution in [0.2, 0.25) is 0 Å². The van der Waals surface area contributed by atoms with Crippen molar-refractivity contribution in [3.63, 3.8) is 0 Å². The first kappa shape index (κ1) is 27.5. The van der Waals surface area contributed by atoms with Gasteiger partial charge in [0.2, 0.25) is 0 Å². The molecule has 2 aromatic heterocycles. The van der Waals surface area contributed by atoms with Gasteiger partial charge in [-0.1, -0.05) is 109 Å². The molecule has 0 bridgehead atoms. The van der Waals surface area contributed by atoms with Crippen molar-refractivity contribution < 1.29 is 4.42 Å². The highest BCUT2D eigenvalue weighted by atomic mass is 16.3. The minimum Gasteiger partial charge on any atom is -0.456 e. The first-order chi connectivity index (χ1) is 24.3. The molecule has 0 amide bonds. The number of nitrogens with zero attached hydrogens (tertiary/aromatic N) is 2. The molecule has 230 valence electrons. The van der Waals surface area contributed by atoms with Crippen molar-refractivity contribution in [2.24, 2.45) is 0 Å². The number of rotatable bonds is 5. The van der Waals surface area contributed by atoms with Crippen molar-refractivity contribution in [3.05, 3.63) is 182 Å². The molecule has 49 heavy (non-hydrogen) atoms. The first-order valence-corrected chi connectivity index (χ1v) is 16.7. The van der Waals surface area contributed by atoms with Crippen LogP contribution in [0.5, 0.6) is 0 Å². The van der Waals surface area contributed by atoms with E-state index in [2.05, 4.69) is 179 Å². The van der Waals surface area contributed by atoms with Crippen molar-refractivity contribution in [3.8, 4) is 16.8 Å². The Balaban J connectivity index is 1.27. The number of furan rings is 1. The Bertz CT molecular complexity index is 2820. The maximum Gasteiger partial charge on any atom is 0.135 e. The SMILES string of the molecule is c1ccc(N(c2ccc3oc4ccccc4c3c2)c2ccc3c(c2)c2c(-c4cccc5ccccc45)cccc2n3-c2ccccc2)cc1. The van der Waals surface area contributed by atoms with Gasteiger partial charge in [-0.05, 0) is 94.7 Å². The molecule has 0 atom stereocenters. The Morgan fingerprint density at radius 1 is 0.388 bits per heavy atom. The summed E-state index contributed by atoms with van der Waals surface area (Å²) in [6.07, 6.45) is 0. The lowest BCUT2D eigenvalue weighted by molar-refractivity contribution is 0.669. The number of hydrogen-bond donors (Lipinski definition) is 0. The lowest BCUT2D eigenvalue weighted by Gasteiger charge is -2.25. The zero-order valence-electron chi connectivity index (χ0n) is 26.6. The fraction of sp³-hybridized carbons (Fsp3) is 0. The van der Waals surface area contributed by atoms with Gasteiger partial charge in [-0.3, -0.25) is 0 Å². The zero-order chi connectivity index (χ0) is 32.3. The Kier molecular flexibility index (Phi) is 6.18. The van der Waals surface area contributed by atoms with Gasteiger partial charge in [0.1, 0.15) is 11.2 Å². The summed E-state index contributed by atoms with van der Waals surface area (Å²) < 4.78 is 8.62. The molecule has 0 aliphatic heterocycles. The van der Waals surface area contributed by atoms with Crippen LogP contribution < -0.4 is 4.90 Å². The van der Waals surface area contributed by atoms with Crippen LogP contribution in [0.25, 0.3) is 71.3 Å². The molecule has 0 radical (unpaired) electrons. The number of hydrogen-bond acceptors (Lipinski definition) is 2. The minimum atomic E-state index is 0.888.